The van der Waals surface area contributed by atoms with Gasteiger partial charge in [0.05, 0.1) is 29.3 Å². The molecule has 150 valence electrons. The molecular formula is C20H16F3N3O3. The van der Waals surface area contributed by atoms with Crippen molar-refractivity contribution < 1.29 is 33.6 Å². The van der Waals surface area contributed by atoms with E-state index >= 15 is 0 Å². The number of para-hydroxylation sites is 1. The highest BCUT2D eigenvalue weighted by Crippen LogP contribution is 2.23. The van der Waals surface area contributed by atoms with Crippen molar-refractivity contribution in [2.45, 2.75) is 12.6 Å². The van der Waals surface area contributed by atoms with Crippen molar-refractivity contribution in [3.05, 3.63) is 71.4 Å². The van der Waals surface area contributed by atoms with E-state index in [1.807, 2.05) is 30.5 Å². The number of fused-ring (bicyclic) bond motifs is 1. The second-order valence-electron chi connectivity index (χ2n) is 5.89. The first-order valence-electron chi connectivity index (χ1n) is 8.41. The molecule has 29 heavy (non-hydrogen) atoms. The van der Waals surface area contributed by atoms with Gasteiger partial charge in [0.15, 0.2) is 0 Å². The van der Waals surface area contributed by atoms with E-state index in [1.54, 1.807) is 28.8 Å². The molecule has 0 aliphatic heterocycles. The van der Waals surface area contributed by atoms with Crippen LogP contribution in [-0.4, -0.2) is 29.2 Å². The molecule has 2 aromatic carbocycles. The zero-order valence-corrected chi connectivity index (χ0v) is 15.1. The molecule has 3 aromatic rings. The van der Waals surface area contributed by atoms with Gasteiger partial charge in [0.2, 0.25) is 0 Å². The van der Waals surface area contributed by atoms with E-state index < -0.39 is 12.1 Å². The molecule has 6 nitrogen and oxygen atoms in total. The summed E-state index contributed by atoms with van der Waals surface area (Å²) in [6.45, 7) is 0.775. The minimum Gasteiger partial charge on any atom is -0.542 e. The van der Waals surface area contributed by atoms with Crippen LogP contribution in [-0.2, 0) is 11.2 Å². The van der Waals surface area contributed by atoms with Crippen LogP contribution in [0.15, 0.2) is 54.7 Å². The van der Waals surface area contributed by atoms with Crippen molar-refractivity contribution in [3.63, 3.8) is 0 Å². The van der Waals surface area contributed by atoms with Gasteiger partial charge in [-0.15, -0.1) is 0 Å². The molecule has 0 bridgehead atoms. The van der Waals surface area contributed by atoms with Crippen LogP contribution in [0, 0.1) is 11.3 Å². The summed E-state index contributed by atoms with van der Waals surface area (Å²) in [7, 11) is 0. The Morgan fingerprint density at radius 3 is 2.28 bits per heavy atom. The Hall–Kier alpha value is -3.64. The van der Waals surface area contributed by atoms with Crippen molar-refractivity contribution >= 4 is 22.8 Å². The summed E-state index contributed by atoms with van der Waals surface area (Å²) < 4.78 is 33.2. The molecule has 0 atom stereocenters. The third-order valence-electron chi connectivity index (χ3n) is 3.97. The summed E-state index contributed by atoms with van der Waals surface area (Å²) >= 11 is 0. The average Bonchev–Trinajstić information content (AvgIpc) is 3.06. The monoisotopic (exact) mass is 403 g/mol. The van der Waals surface area contributed by atoms with Crippen LogP contribution in [0.2, 0.25) is 0 Å². The van der Waals surface area contributed by atoms with Crippen molar-refractivity contribution in [2.24, 2.45) is 0 Å². The highest BCUT2D eigenvalue weighted by molar-refractivity contribution is 6.04. The molecule has 0 fully saturated rings. The first-order chi connectivity index (χ1) is 13.7. The summed E-state index contributed by atoms with van der Waals surface area (Å²) in [4.78, 5) is 21.6. The fraction of sp³-hybridized carbons (Fsp3) is 0.150. The number of carboxylic acid groups (broad SMARTS) is 1. The number of hydrogen-bond donors (Lipinski definition) is 1. The number of rotatable bonds is 3. The van der Waals surface area contributed by atoms with E-state index in [1.165, 1.54) is 0 Å². The Balaban J connectivity index is 0.000000370. The van der Waals surface area contributed by atoms with Gasteiger partial charge in [-0.05, 0) is 23.8 Å². The number of nitrogens with zero attached hydrogens (tertiary/aromatic N) is 2. The Bertz CT molecular complexity index is 1080. The number of quaternary nitrogens is 1. The third kappa shape index (κ3) is 5.00. The van der Waals surface area contributed by atoms with E-state index in [-0.39, 0.29) is 5.91 Å². The molecule has 3 rings (SSSR count). The van der Waals surface area contributed by atoms with E-state index in [9.17, 15) is 23.2 Å². The number of halogens is 3. The maximum absolute atomic E-state index is 12.9. The molecule has 1 aromatic heterocycles. The first kappa shape index (κ1) is 21.7. The number of carbonyl (C=O) groups excluding carboxylic acids is 2. The Morgan fingerprint density at radius 1 is 1.10 bits per heavy atom. The van der Waals surface area contributed by atoms with Crippen LogP contribution < -0.4 is 10.8 Å². The lowest BCUT2D eigenvalue weighted by atomic mass is 10.1. The number of carbonyl (C=O) groups is 2. The lowest BCUT2D eigenvalue weighted by Gasteiger charge is -2.05. The quantitative estimate of drug-likeness (QED) is 0.710. The fourth-order valence-corrected chi connectivity index (χ4v) is 2.70. The number of nitriles is 1. The molecule has 0 saturated carbocycles. The average molecular weight is 403 g/mol. The maximum atomic E-state index is 12.9. The van der Waals surface area contributed by atoms with E-state index in [2.05, 4.69) is 11.8 Å². The van der Waals surface area contributed by atoms with Gasteiger partial charge in [-0.1, -0.05) is 30.3 Å². The summed E-state index contributed by atoms with van der Waals surface area (Å²) in [5.74, 6) is -3.18. The van der Waals surface area contributed by atoms with Crippen LogP contribution in [0.4, 0.5) is 13.2 Å². The lowest BCUT2D eigenvalue weighted by molar-refractivity contribution is -0.366. The molecule has 0 unspecified atom stereocenters. The largest absolute Gasteiger partial charge is 0.542 e. The molecule has 9 heteroatoms. The van der Waals surface area contributed by atoms with E-state index in [4.69, 9.17) is 9.90 Å². The third-order valence-corrected chi connectivity index (χ3v) is 3.97. The fourth-order valence-electron chi connectivity index (χ4n) is 2.70. The lowest BCUT2D eigenvalue weighted by Crippen LogP contribution is -2.51. The molecule has 0 aliphatic carbocycles. The predicted molar refractivity (Wildman–Crippen MR) is 95.3 cm³/mol. The molecule has 1 heterocycles. The van der Waals surface area contributed by atoms with Crippen molar-refractivity contribution in [1.82, 2.24) is 4.57 Å². The summed E-state index contributed by atoms with van der Waals surface area (Å²) in [6.07, 6.45) is -2.51. The standard InChI is InChI=1S/C18H15N3O.C2HF3O2/c19-10-9-14-12-21(17-8-4-3-6-15(14)17)18(22)16-7-2-1-5-13(16)11-20;3-2(4,5)1(6)7/h1-8,12H,9-10,19H2;(H,6,7). The molecular weight excluding hydrogens is 387 g/mol. The molecule has 0 amide bonds. The highest BCUT2D eigenvalue weighted by atomic mass is 19.4. The number of hydrogen-bond acceptors (Lipinski definition) is 4. The second kappa shape index (κ2) is 9.03. The molecule has 0 radical (unpaired) electrons. The minimum absolute atomic E-state index is 0.177. The number of aliphatic carboxylic acids is 1. The smallest absolute Gasteiger partial charge is 0.430 e. The molecule has 0 aliphatic rings. The molecule has 0 spiro atoms. The van der Waals surface area contributed by atoms with Crippen LogP contribution in [0.25, 0.3) is 10.9 Å². The summed E-state index contributed by atoms with van der Waals surface area (Å²) in [6, 6.07) is 16.8. The number of carboxylic acids is 1. The van der Waals surface area contributed by atoms with Gasteiger partial charge in [-0.3, -0.25) is 9.36 Å². The SMILES string of the molecule is N#Cc1ccccc1C(=O)n1cc(CC[NH3+])c2ccccc21.O=C([O-])C(F)(F)F. The van der Waals surface area contributed by atoms with Gasteiger partial charge >= 0.3 is 6.18 Å². The van der Waals surface area contributed by atoms with Crippen molar-refractivity contribution in [3.8, 4) is 6.07 Å². The van der Waals surface area contributed by atoms with Crippen LogP contribution in [0.5, 0.6) is 0 Å². The zero-order chi connectivity index (χ0) is 21.6. The minimum atomic E-state index is -5.19. The number of aromatic nitrogens is 1. The first-order valence-corrected chi connectivity index (χ1v) is 8.41. The Morgan fingerprint density at radius 2 is 1.69 bits per heavy atom. The van der Waals surface area contributed by atoms with Gasteiger partial charge < -0.3 is 15.6 Å². The van der Waals surface area contributed by atoms with Crippen LogP contribution >= 0.6 is 0 Å². The molecule has 3 N–H and O–H groups in total. The van der Waals surface area contributed by atoms with Gasteiger partial charge in [-0.25, -0.2) is 0 Å². The normalized spacial score (nSPS) is 10.7. The van der Waals surface area contributed by atoms with Crippen LogP contribution in [0.1, 0.15) is 21.5 Å². The Kier molecular flexibility index (Phi) is 6.75. The van der Waals surface area contributed by atoms with Gasteiger partial charge in [0, 0.05) is 18.0 Å². The maximum Gasteiger partial charge on any atom is 0.430 e. The van der Waals surface area contributed by atoms with Gasteiger partial charge in [0.25, 0.3) is 5.91 Å². The predicted octanol–water partition coefficient (Wildman–Crippen LogP) is 1.28. The second-order valence-corrected chi connectivity index (χ2v) is 5.89. The molecule has 0 saturated heterocycles. The van der Waals surface area contributed by atoms with E-state index in [0.29, 0.717) is 11.1 Å². The van der Waals surface area contributed by atoms with Gasteiger partial charge in [-0.2, -0.15) is 18.4 Å². The van der Waals surface area contributed by atoms with Crippen molar-refractivity contribution in [2.75, 3.05) is 6.54 Å². The van der Waals surface area contributed by atoms with Crippen molar-refractivity contribution in [1.29, 1.82) is 5.26 Å². The Labute approximate surface area is 163 Å². The van der Waals surface area contributed by atoms with Gasteiger partial charge in [0.1, 0.15) is 5.97 Å². The zero-order valence-electron chi connectivity index (χ0n) is 15.1. The highest BCUT2D eigenvalue weighted by Gasteiger charge is 2.28. The number of alkyl halides is 3. The van der Waals surface area contributed by atoms with E-state index in [0.717, 1.165) is 29.4 Å². The summed E-state index contributed by atoms with van der Waals surface area (Å²) in [5, 5.41) is 19.0. The van der Waals surface area contributed by atoms with Crippen LogP contribution in [0.3, 0.4) is 0 Å². The topological polar surface area (TPSA) is 114 Å². The summed E-state index contributed by atoms with van der Waals surface area (Å²) in [5.41, 5.74) is 6.68. The number of benzene rings is 2.